The Morgan fingerprint density at radius 3 is 2.22 bits per heavy atom. The van der Waals surface area contributed by atoms with Crippen LogP contribution in [0.4, 0.5) is 10.1 Å². The molecule has 122 valence electrons. The molecule has 3 N–H and O–H groups in total. The monoisotopic (exact) mass is 449 g/mol. The molecule has 0 aliphatic carbocycles. The summed E-state index contributed by atoms with van der Waals surface area (Å²) in [5.74, 6) is 3.83. The Bertz CT molecular complexity index is 795. The first-order valence-corrected chi connectivity index (χ1v) is 8.90. The lowest BCUT2D eigenvalue weighted by Crippen LogP contribution is -2.43. The smallest absolute Gasteiger partial charge is 0.264 e. The Morgan fingerprint density at radius 1 is 1.13 bits per heavy atom. The largest absolute Gasteiger partial charge is 0.293 e. The second-order valence-electron chi connectivity index (χ2n) is 4.51. The molecule has 0 heterocycles. The maximum Gasteiger partial charge on any atom is 0.264 e. The maximum atomic E-state index is 13.0. The standard InChI is InChI=1S/C14H13FIN3O3S/c15-10-1-7-13(8-2-10)23(21,22)19(9-14(20)18-17)12-5-3-11(16)4-6-12/h1-8H,9,17H2,(H,18,20). The van der Waals surface area contributed by atoms with E-state index in [0.717, 1.165) is 32.1 Å². The number of carbonyl (C=O) groups is 1. The Labute approximate surface area is 146 Å². The summed E-state index contributed by atoms with van der Waals surface area (Å²) in [6.45, 7) is -0.489. The topological polar surface area (TPSA) is 92.5 Å². The first kappa shape index (κ1) is 17.6. The van der Waals surface area contributed by atoms with Gasteiger partial charge >= 0.3 is 0 Å². The van der Waals surface area contributed by atoms with E-state index in [-0.39, 0.29) is 4.90 Å². The summed E-state index contributed by atoms with van der Waals surface area (Å²) in [5, 5.41) is 0. The summed E-state index contributed by atoms with van der Waals surface area (Å²) < 4.78 is 40.4. The molecule has 2 aromatic rings. The summed E-state index contributed by atoms with van der Waals surface area (Å²) in [5.41, 5.74) is 2.21. The van der Waals surface area contributed by atoms with E-state index in [2.05, 4.69) is 22.6 Å². The van der Waals surface area contributed by atoms with Crippen molar-refractivity contribution in [3.05, 3.63) is 57.9 Å². The average Bonchev–Trinajstić information content (AvgIpc) is 2.53. The number of sulfonamides is 1. The normalized spacial score (nSPS) is 11.1. The van der Waals surface area contributed by atoms with Crippen LogP contribution < -0.4 is 15.6 Å². The van der Waals surface area contributed by atoms with Crippen molar-refractivity contribution in [1.82, 2.24) is 5.43 Å². The number of amides is 1. The van der Waals surface area contributed by atoms with Gasteiger partial charge in [0.1, 0.15) is 12.4 Å². The molecule has 6 nitrogen and oxygen atoms in total. The number of halogens is 2. The molecule has 0 saturated heterocycles. The zero-order chi connectivity index (χ0) is 17.0. The molecule has 0 aliphatic heterocycles. The second-order valence-corrected chi connectivity index (χ2v) is 7.62. The summed E-state index contributed by atoms with van der Waals surface area (Å²) in [7, 11) is -4.04. The molecular formula is C14H13FIN3O3S. The van der Waals surface area contributed by atoms with Crippen LogP contribution in [0.1, 0.15) is 0 Å². The zero-order valence-electron chi connectivity index (χ0n) is 11.7. The molecule has 0 aliphatic rings. The number of rotatable bonds is 5. The Hall–Kier alpha value is -1.72. The van der Waals surface area contributed by atoms with Gasteiger partial charge in [-0.05, 0) is 71.1 Å². The van der Waals surface area contributed by atoms with Gasteiger partial charge in [-0.1, -0.05) is 0 Å². The minimum atomic E-state index is -4.04. The Morgan fingerprint density at radius 2 is 1.70 bits per heavy atom. The number of carbonyl (C=O) groups excluding carboxylic acids is 1. The Balaban J connectivity index is 2.49. The van der Waals surface area contributed by atoms with E-state index < -0.39 is 28.3 Å². The minimum Gasteiger partial charge on any atom is -0.293 e. The quantitative estimate of drug-likeness (QED) is 0.314. The fourth-order valence-electron chi connectivity index (χ4n) is 1.83. The van der Waals surface area contributed by atoms with Gasteiger partial charge in [-0.3, -0.25) is 14.5 Å². The van der Waals surface area contributed by atoms with Gasteiger partial charge in [-0.25, -0.2) is 18.7 Å². The first-order chi connectivity index (χ1) is 10.8. The van der Waals surface area contributed by atoms with Crippen molar-refractivity contribution in [1.29, 1.82) is 0 Å². The molecule has 0 spiro atoms. The molecular weight excluding hydrogens is 436 g/mol. The van der Waals surface area contributed by atoms with Crippen LogP contribution in [0.25, 0.3) is 0 Å². The first-order valence-electron chi connectivity index (χ1n) is 6.38. The number of benzene rings is 2. The van der Waals surface area contributed by atoms with E-state index in [9.17, 15) is 17.6 Å². The highest BCUT2D eigenvalue weighted by Crippen LogP contribution is 2.24. The van der Waals surface area contributed by atoms with Gasteiger partial charge in [0, 0.05) is 3.57 Å². The summed E-state index contributed by atoms with van der Waals surface area (Å²) in [6, 6.07) is 10.9. The third kappa shape index (κ3) is 4.18. The molecule has 1 amide bonds. The number of nitrogens with one attached hydrogen (secondary N) is 1. The van der Waals surface area contributed by atoms with Crippen molar-refractivity contribution in [2.24, 2.45) is 5.84 Å². The summed E-state index contributed by atoms with van der Waals surface area (Å²) >= 11 is 2.08. The average molecular weight is 449 g/mol. The molecule has 0 fully saturated rings. The van der Waals surface area contributed by atoms with Crippen molar-refractivity contribution in [2.75, 3.05) is 10.8 Å². The van der Waals surface area contributed by atoms with Crippen LogP contribution in [0.15, 0.2) is 53.4 Å². The van der Waals surface area contributed by atoms with E-state index >= 15 is 0 Å². The van der Waals surface area contributed by atoms with Crippen LogP contribution in [-0.2, 0) is 14.8 Å². The molecule has 0 radical (unpaired) electrons. The lowest BCUT2D eigenvalue weighted by Gasteiger charge is -2.23. The van der Waals surface area contributed by atoms with E-state index in [1.165, 1.54) is 0 Å². The van der Waals surface area contributed by atoms with Crippen LogP contribution >= 0.6 is 22.6 Å². The molecule has 9 heteroatoms. The van der Waals surface area contributed by atoms with Crippen molar-refractivity contribution in [3.8, 4) is 0 Å². The van der Waals surface area contributed by atoms with Gasteiger partial charge in [-0.15, -0.1) is 0 Å². The van der Waals surface area contributed by atoms with Crippen molar-refractivity contribution >= 4 is 44.2 Å². The maximum absolute atomic E-state index is 13.0. The SMILES string of the molecule is NNC(=O)CN(c1ccc(I)cc1)S(=O)(=O)c1ccc(F)cc1. The number of nitrogens with two attached hydrogens (primary N) is 1. The minimum absolute atomic E-state index is 0.123. The van der Waals surface area contributed by atoms with Crippen molar-refractivity contribution < 1.29 is 17.6 Å². The number of anilines is 1. The van der Waals surface area contributed by atoms with Crippen molar-refractivity contribution in [3.63, 3.8) is 0 Å². The predicted octanol–water partition coefficient (Wildman–Crippen LogP) is 1.62. The third-order valence-electron chi connectivity index (χ3n) is 2.96. The van der Waals surface area contributed by atoms with Gasteiger partial charge < -0.3 is 0 Å². The lowest BCUT2D eigenvalue weighted by molar-refractivity contribution is -0.119. The second kappa shape index (κ2) is 7.23. The van der Waals surface area contributed by atoms with Crippen LogP contribution in [0.5, 0.6) is 0 Å². The van der Waals surface area contributed by atoms with Crippen LogP contribution in [0, 0.1) is 9.39 Å². The molecule has 0 atom stereocenters. The highest BCUT2D eigenvalue weighted by Gasteiger charge is 2.27. The van der Waals surface area contributed by atoms with E-state index in [4.69, 9.17) is 5.84 Å². The molecule has 0 bridgehead atoms. The molecule has 2 rings (SSSR count). The highest BCUT2D eigenvalue weighted by molar-refractivity contribution is 14.1. The van der Waals surface area contributed by atoms with Crippen LogP contribution in [-0.4, -0.2) is 20.9 Å². The van der Waals surface area contributed by atoms with Gasteiger partial charge in [0.2, 0.25) is 0 Å². The van der Waals surface area contributed by atoms with E-state index in [0.29, 0.717) is 5.69 Å². The summed E-state index contributed by atoms with van der Waals surface area (Å²) in [4.78, 5) is 11.5. The van der Waals surface area contributed by atoms with Gasteiger partial charge in [0.25, 0.3) is 15.9 Å². The number of hydrogen-bond donors (Lipinski definition) is 2. The van der Waals surface area contributed by atoms with Crippen LogP contribution in [0.3, 0.4) is 0 Å². The molecule has 23 heavy (non-hydrogen) atoms. The van der Waals surface area contributed by atoms with Crippen LogP contribution in [0.2, 0.25) is 0 Å². The van der Waals surface area contributed by atoms with Gasteiger partial charge in [0.15, 0.2) is 0 Å². The number of nitrogens with zero attached hydrogens (tertiary/aromatic N) is 1. The lowest BCUT2D eigenvalue weighted by atomic mass is 10.3. The van der Waals surface area contributed by atoms with E-state index in [1.54, 1.807) is 24.3 Å². The highest BCUT2D eigenvalue weighted by atomic mass is 127. The Kier molecular flexibility index (Phi) is 5.55. The molecule has 0 saturated carbocycles. The number of hydrogen-bond acceptors (Lipinski definition) is 4. The fraction of sp³-hybridized carbons (Fsp3) is 0.0714. The van der Waals surface area contributed by atoms with Gasteiger partial charge in [-0.2, -0.15) is 0 Å². The summed E-state index contributed by atoms with van der Waals surface area (Å²) in [6.07, 6.45) is 0. The molecule has 0 aromatic heterocycles. The predicted molar refractivity (Wildman–Crippen MR) is 92.4 cm³/mol. The zero-order valence-corrected chi connectivity index (χ0v) is 14.7. The van der Waals surface area contributed by atoms with E-state index in [1.807, 2.05) is 5.43 Å². The fourth-order valence-corrected chi connectivity index (χ4v) is 3.61. The molecule has 2 aromatic carbocycles. The third-order valence-corrected chi connectivity index (χ3v) is 5.47. The number of hydrazine groups is 1. The molecule has 0 unspecified atom stereocenters. The van der Waals surface area contributed by atoms with Crippen molar-refractivity contribution in [2.45, 2.75) is 4.90 Å². The van der Waals surface area contributed by atoms with Gasteiger partial charge in [0.05, 0.1) is 10.6 Å².